The van der Waals surface area contributed by atoms with Crippen LogP contribution in [0, 0.1) is 12.3 Å². The highest BCUT2D eigenvalue weighted by Crippen LogP contribution is 2.56. The zero-order valence-electron chi connectivity index (χ0n) is 18.1. The highest BCUT2D eigenvalue weighted by atomic mass is 16.1. The Morgan fingerprint density at radius 1 is 1.23 bits per heavy atom. The highest BCUT2D eigenvalue weighted by Gasteiger charge is 2.49. The lowest BCUT2D eigenvalue weighted by Crippen LogP contribution is -2.49. The second-order valence-electron chi connectivity index (χ2n) is 8.99. The number of carbonyl (C=O) groups is 1. The average molecular weight is 420 g/mol. The molecular formula is C23H29N7O. The van der Waals surface area contributed by atoms with Gasteiger partial charge in [0, 0.05) is 19.2 Å². The fourth-order valence-corrected chi connectivity index (χ4v) is 5.14. The maximum atomic E-state index is 11.8. The van der Waals surface area contributed by atoms with E-state index in [0.29, 0.717) is 11.7 Å². The Morgan fingerprint density at radius 3 is 2.68 bits per heavy atom. The summed E-state index contributed by atoms with van der Waals surface area (Å²) in [5.74, 6) is -0.182. The molecule has 1 aromatic carbocycles. The molecule has 8 nitrogen and oxygen atoms in total. The maximum Gasteiger partial charge on any atom is 0.273 e. The van der Waals surface area contributed by atoms with Crippen molar-refractivity contribution in [3.05, 3.63) is 53.5 Å². The molecule has 1 aliphatic carbocycles. The van der Waals surface area contributed by atoms with Gasteiger partial charge in [0.2, 0.25) is 0 Å². The van der Waals surface area contributed by atoms with Crippen molar-refractivity contribution in [3.63, 3.8) is 0 Å². The second-order valence-corrected chi connectivity index (χ2v) is 8.99. The molecule has 2 N–H and O–H groups in total. The van der Waals surface area contributed by atoms with Gasteiger partial charge in [-0.25, -0.2) is 4.68 Å². The minimum absolute atomic E-state index is 0.182. The summed E-state index contributed by atoms with van der Waals surface area (Å²) >= 11 is 0. The molecule has 0 radical (unpaired) electrons. The number of amides is 1. The SMILES string of the molecule is CNC(=O)c1cn(C2CCC23CCN(Cc2cn[nH]c2-c2ccc(C)cc2)CC3)nn1. The van der Waals surface area contributed by atoms with Gasteiger partial charge in [0.15, 0.2) is 5.69 Å². The topological polar surface area (TPSA) is 91.7 Å². The molecule has 5 rings (SSSR count). The van der Waals surface area contributed by atoms with E-state index in [4.69, 9.17) is 0 Å². The number of aromatic amines is 1. The van der Waals surface area contributed by atoms with Crippen LogP contribution in [0.1, 0.15) is 53.3 Å². The van der Waals surface area contributed by atoms with E-state index in [-0.39, 0.29) is 11.3 Å². The number of piperidine rings is 1. The normalized spacial score (nSPS) is 20.5. The summed E-state index contributed by atoms with van der Waals surface area (Å²) in [6, 6.07) is 8.93. The fourth-order valence-electron chi connectivity index (χ4n) is 5.14. The summed E-state index contributed by atoms with van der Waals surface area (Å²) in [5, 5.41) is 18.4. The van der Waals surface area contributed by atoms with Crippen LogP contribution in [0.3, 0.4) is 0 Å². The van der Waals surface area contributed by atoms with Gasteiger partial charge in [0.1, 0.15) is 0 Å². The number of hydrogen-bond acceptors (Lipinski definition) is 5. The molecule has 1 amide bonds. The summed E-state index contributed by atoms with van der Waals surface area (Å²) in [6.07, 6.45) is 8.38. The third-order valence-corrected chi connectivity index (χ3v) is 7.22. The lowest BCUT2D eigenvalue weighted by molar-refractivity contribution is -0.0333. The Labute approximate surface area is 182 Å². The summed E-state index contributed by atoms with van der Waals surface area (Å²) < 4.78 is 1.93. The van der Waals surface area contributed by atoms with E-state index in [0.717, 1.165) is 44.6 Å². The molecule has 1 aliphatic heterocycles. The summed E-state index contributed by atoms with van der Waals surface area (Å²) in [7, 11) is 1.62. The first-order chi connectivity index (χ1) is 15.1. The molecule has 2 aromatic heterocycles. The predicted octanol–water partition coefficient (Wildman–Crippen LogP) is 2.95. The molecule has 0 bridgehead atoms. The number of H-pyrrole nitrogens is 1. The standard InChI is InChI=1S/C23H29N7O/c1-16-3-5-17(6-4-16)21-18(13-25-27-21)14-29-11-9-23(10-12-29)8-7-20(23)30-15-19(26-28-30)22(31)24-2/h3-6,13,15,20H,7-12,14H2,1-2H3,(H,24,31)(H,25,27). The van der Waals surface area contributed by atoms with Gasteiger partial charge in [0.05, 0.1) is 24.1 Å². The number of benzene rings is 1. The molecule has 1 unspecified atom stereocenters. The van der Waals surface area contributed by atoms with E-state index < -0.39 is 0 Å². The van der Waals surface area contributed by atoms with Crippen molar-refractivity contribution in [2.45, 2.75) is 45.2 Å². The van der Waals surface area contributed by atoms with Crippen molar-refractivity contribution in [3.8, 4) is 11.3 Å². The summed E-state index contributed by atoms with van der Waals surface area (Å²) in [6.45, 7) is 5.14. The Balaban J connectivity index is 1.23. The van der Waals surface area contributed by atoms with Crippen molar-refractivity contribution < 1.29 is 4.79 Å². The third kappa shape index (κ3) is 3.65. The number of aryl methyl sites for hydroxylation is 1. The van der Waals surface area contributed by atoms with Gasteiger partial charge in [-0.2, -0.15) is 5.10 Å². The highest BCUT2D eigenvalue weighted by molar-refractivity contribution is 5.91. The quantitative estimate of drug-likeness (QED) is 0.663. The first-order valence-corrected chi connectivity index (χ1v) is 11.0. The number of aromatic nitrogens is 5. The molecular weight excluding hydrogens is 390 g/mol. The average Bonchev–Trinajstić information content (AvgIpc) is 3.44. The van der Waals surface area contributed by atoms with Crippen molar-refractivity contribution in [1.29, 1.82) is 0 Å². The number of nitrogens with zero attached hydrogens (tertiary/aromatic N) is 5. The zero-order chi connectivity index (χ0) is 21.4. The largest absolute Gasteiger partial charge is 0.354 e. The number of carbonyl (C=O) groups excluding carboxylic acids is 1. The zero-order valence-corrected chi connectivity index (χ0v) is 18.1. The minimum atomic E-state index is -0.182. The molecule has 1 saturated heterocycles. The Kier molecular flexibility index (Phi) is 5.09. The van der Waals surface area contributed by atoms with Gasteiger partial charge >= 0.3 is 0 Å². The minimum Gasteiger partial charge on any atom is -0.354 e. The van der Waals surface area contributed by atoms with E-state index in [9.17, 15) is 4.79 Å². The van der Waals surface area contributed by atoms with Crippen molar-refractivity contribution >= 4 is 5.91 Å². The van der Waals surface area contributed by atoms with Gasteiger partial charge in [-0.3, -0.25) is 14.8 Å². The van der Waals surface area contributed by atoms with E-state index in [1.165, 1.54) is 23.1 Å². The Hall–Kier alpha value is -3.00. The lowest BCUT2D eigenvalue weighted by Gasteiger charge is -2.53. The molecule has 31 heavy (non-hydrogen) atoms. The first kappa shape index (κ1) is 19.9. The molecule has 162 valence electrons. The van der Waals surface area contributed by atoms with Crippen LogP contribution in [-0.2, 0) is 6.54 Å². The molecule has 8 heteroatoms. The third-order valence-electron chi connectivity index (χ3n) is 7.22. The van der Waals surface area contributed by atoms with Gasteiger partial charge < -0.3 is 5.32 Å². The maximum absolute atomic E-state index is 11.8. The van der Waals surface area contributed by atoms with Crippen LogP contribution >= 0.6 is 0 Å². The first-order valence-electron chi connectivity index (χ1n) is 11.0. The molecule has 3 heterocycles. The van der Waals surface area contributed by atoms with Gasteiger partial charge in [-0.1, -0.05) is 35.0 Å². The Morgan fingerprint density at radius 2 is 2.00 bits per heavy atom. The number of nitrogens with one attached hydrogen (secondary N) is 2. The van der Waals surface area contributed by atoms with Crippen LogP contribution in [0.4, 0.5) is 0 Å². The van der Waals surface area contributed by atoms with Gasteiger partial charge in [-0.05, 0) is 56.7 Å². The summed E-state index contributed by atoms with van der Waals surface area (Å²) in [5.41, 5.74) is 5.48. The van der Waals surface area contributed by atoms with Gasteiger partial charge in [0.25, 0.3) is 5.91 Å². The fraction of sp³-hybridized carbons (Fsp3) is 0.478. The van der Waals surface area contributed by atoms with Crippen LogP contribution in [0.5, 0.6) is 0 Å². The number of likely N-dealkylation sites (tertiary alicyclic amines) is 1. The molecule has 1 spiro atoms. The predicted molar refractivity (Wildman–Crippen MR) is 117 cm³/mol. The molecule has 2 aliphatic rings. The molecule has 2 fully saturated rings. The van der Waals surface area contributed by atoms with Crippen molar-refractivity contribution in [1.82, 2.24) is 35.4 Å². The van der Waals surface area contributed by atoms with Gasteiger partial charge in [-0.15, -0.1) is 5.10 Å². The molecule has 1 atom stereocenters. The van der Waals surface area contributed by atoms with E-state index in [1.807, 2.05) is 10.9 Å². The van der Waals surface area contributed by atoms with Crippen LogP contribution in [0.15, 0.2) is 36.7 Å². The smallest absolute Gasteiger partial charge is 0.273 e. The van der Waals surface area contributed by atoms with E-state index in [2.05, 4.69) is 61.9 Å². The number of hydrogen-bond donors (Lipinski definition) is 2. The van der Waals surface area contributed by atoms with Crippen molar-refractivity contribution in [2.75, 3.05) is 20.1 Å². The van der Waals surface area contributed by atoms with E-state index >= 15 is 0 Å². The summed E-state index contributed by atoms with van der Waals surface area (Å²) in [4.78, 5) is 14.4. The van der Waals surface area contributed by atoms with Crippen LogP contribution < -0.4 is 5.32 Å². The van der Waals surface area contributed by atoms with E-state index in [1.54, 1.807) is 13.2 Å². The van der Waals surface area contributed by atoms with Crippen LogP contribution in [0.25, 0.3) is 11.3 Å². The van der Waals surface area contributed by atoms with Crippen LogP contribution in [0.2, 0.25) is 0 Å². The monoisotopic (exact) mass is 419 g/mol. The lowest BCUT2D eigenvalue weighted by atomic mass is 9.59. The second kappa shape index (κ2) is 7.92. The molecule has 1 saturated carbocycles. The number of rotatable bonds is 5. The van der Waals surface area contributed by atoms with Crippen molar-refractivity contribution in [2.24, 2.45) is 5.41 Å². The van der Waals surface area contributed by atoms with Crippen LogP contribution in [-0.4, -0.2) is 56.1 Å². The Bertz CT molecular complexity index is 1060. The molecule has 3 aromatic rings.